The van der Waals surface area contributed by atoms with Crippen LogP contribution in [-0.2, 0) is 20.9 Å². The summed E-state index contributed by atoms with van der Waals surface area (Å²) in [6.07, 6.45) is 7.31. The number of benzene rings is 3. The van der Waals surface area contributed by atoms with E-state index in [0.717, 1.165) is 106 Å². The number of ether oxygens (including phenoxy) is 2. The quantitative estimate of drug-likeness (QED) is 0.140. The lowest BCUT2D eigenvalue weighted by atomic mass is 9.92. The molecule has 0 radical (unpaired) electrons. The molecule has 2 fully saturated rings. The largest absolute Gasteiger partial charge is 0.488 e. The molecule has 3 unspecified atom stereocenters. The Morgan fingerprint density at radius 1 is 0.963 bits per heavy atom. The van der Waals surface area contributed by atoms with Gasteiger partial charge in [-0.15, -0.1) is 0 Å². The lowest BCUT2D eigenvalue weighted by molar-refractivity contribution is -0.135. The van der Waals surface area contributed by atoms with E-state index >= 15 is 0 Å². The van der Waals surface area contributed by atoms with Crippen LogP contribution in [0.1, 0.15) is 102 Å². The molecule has 3 aliphatic rings. The standard InChI is InChI=1S/C42H49N7O5/c1-6-23(3)16-37(50)49-28(7-2)11-15-34(49)40-43-20-33(46-40)26-9-12-29-27(17-26)22-54-36-19-30-25(18-31(29)36)10-13-32-39(30)47-41(45-32)35-14-8-24(4)48(35)38(51)21-44-42(52)53-5/h9-10,12-13,17-20,23-24,28,34-35H,6-8,11,14-16,21-22H2,1-5H3,(H,43,46)(H,44,52)(H,45,47)/t23?,24-,28-,34?,35?/m0/s1. The van der Waals surface area contributed by atoms with Gasteiger partial charge in [-0.2, -0.15) is 0 Å². The van der Waals surface area contributed by atoms with Crippen LogP contribution in [0.25, 0.3) is 44.2 Å². The average Bonchev–Trinajstić information content (AvgIpc) is 4.00. The predicted molar refractivity (Wildman–Crippen MR) is 207 cm³/mol. The van der Waals surface area contributed by atoms with Crippen LogP contribution in [0.3, 0.4) is 0 Å². The van der Waals surface area contributed by atoms with E-state index in [2.05, 4.69) is 82.1 Å². The van der Waals surface area contributed by atoms with Gasteiger partial charge >= 0.3 is 6.09 Å². The van der Waals surface area contributed by atoms with Crippen LogP contribution in [0.5, 0.6) is 5.75 Å². The number of alkyl carbamates (subject to hydrolysis) is 1. The van der Waals surface area contributed by atoms with E-state index in [1.807, 2.05) is 24.1 Å². The molecule has 12 nitrogen and oxygen atoms in total. The summed E-state index contributed by atoms with van der Waals surface area (Å²) in [4.78, 5) is 59.1. The van der Waals surface area contributed by atoms with Crippen molar-refractivity contribution in [3.05, 3.63) is 65.9 Å². The van der Waals surface area contributed by atoms with E-state index in [1.165, 1.54) is 7.11 Å². The summed E-state index contributed by atoms with van der Waals surface area (Å²) in [6, 6.07) is 14.9. The monoisotopic (exact) mass is 731 g/mol. The zero-order chi connectivity index (χ0) is 37.7. The van der Waals surface area contributed by atoms with Gasteiger partial charge in [0.25, 0.3) is 0 Å². The maximum Gasteiger partial charge on any atom is 0.407 e. The maximum atomic E-state index is 13.4. The highest BCUT2D eigenvalue weighted by Gasteiger charge is 2.39. The van der Waals surface area contributed by atoms with Gasteiger partial charge in [0.05, 0.1) is 42.1 Å². The molecule has 0 aliphatic carbocycles. The normalized spacial score (nSPS) is 21.2. The molecule has 5 aromatic rings. The van der Waals surface area contributed by atoms with E-state index in [-0.39, 0.29) is 42.5 Å². The fourth-order valence-corrected chi connectivity index (χ4v) is 8.74. The molecule has 3 amide bonds. The van der Waals surface area contributed by atoms with Crippen LogP contribution in [0.15, 0.2) is 48.7 Å². The van der Waals surface area contributed by atoms with Crippen molar-refractivity contribution in [3.63, 3.8) is 0 Å². The number of carbonyl (C=O) groups excluding carboxylic acids is 3. The fourth-order valence-electron chi connectivity index (χ4n) is 8.74. The summed E-state index contributed by atoms with van der Waals surface area (Å²) >= 11 is 0. The summed E-state index contributed by atoms with van der Waals surface area (Å²) in [5, 5.41) is 4.53. The number of H-pyrrole nitrogens is 2. The summed E-state index contributed by atoms with van der Waals surface area (Å²) in [5.74, 6) is 2.81. The maximum absolute atomic E-state index is 13.4. The Bertz CT molecular complexity index is 2240. The van der Waals surface area contributed by atoms with E-state index in [4.69, 9.17) is 14.7 Å². The number of nitrogens with zero attached hydrogens (tertiary/aromatic N) is 4. The first-order valence-electron chi connectivity index (χ1n) is 19.4. The number of imidazole rings is 2. The van der Waals surface area contributed by atoms with Gasteiger partial charge in [0.15, 0.2) is 0 Å². The first-order chi connectivity index (χ1) is 26.2. The average molecular weight is 732 g/mol. The number of hydrogen-bond acceptors (Lipinski definition) is 7. The minimum atomic E-state index is -0.634. The van der Waals surface area contributed by atoms with E-state index < -0.39 is 6.09 Å². The fraction of sp³-hybridized carbons (Fsp3) is 0.452. The summed E-state index contributed by atoms with van der Waals surface area (Å²) in [7, 11) is 1.28. The number of aromatic amines is 2. The molecule has 8 rings (SSSR count). The van der Waals surface area contributed by atoms with Crippen molar-refractivity contribution >= 4 is 39.7 Å². The third kappa shape index (κ3) is 6.35. The van der Waals surface area contributed by atoms with Crippen molar-refractivity contribution in [1.29, 1.82) is 0 Å². The van der Waals surface area contributed by atoms with Crippen molar-refractivity contribution in [2.75, 3.05) is 13.7 Å². The van der Waals surface area contributed by atoms with Gasteiger partial charge in [-0.05, 0) is 91.3 Å². The minimum Gasteiger partial charge on any atom is -0.488 e. The molecule has 0 spiro atoms. The zero-order valence-corrected chi connectivity index (χ0v) is 31.7. The highest BCUT2D eigenvalue weighted by atomic mass is 16.5. The first kappa shape index (κ1) is 35.6. The molecule has 54 heavy (non-hydrogen) atoms. The smallest absolute Gasteiger partial charge is 0.407 e. The van der Waals surface area contributed by atoms with Crippen molar-refractivity contribution in [1.82, 2.24) is 35.1 Å². The molecule has 0 saturated carbocycles. The number of carbonyl (C=O) groups is 3. The van der Waals surface area contributed by atoms with Gasteiger partial charge < -0.3 is 34.6 Å². The summed E-state index contributed by atoms with van der Waals surface area (Å²) in [6.45, 7) is 8.78. The molecule has 12 heteroatoms. The van der Waals surface area contributed by atoms with Crippen molar-refractivity contribution in [2.24, 2.45) is 5.92 Å². The first-order valence-corrected chi connectivity index (χ1v) is 19.4. The molecule has 5 atom stereocenters. The number of methoxy groups -OCH3 is 1. The molecular formula is C42H49N7O5. The van der Waals surface area contributed by atoms with Gasteiger partial charge in [0.2, 0.25) is 11.8 Å². The Morgan fingerprint density at radius 2 is 1.78 bits per heavy atom. The van der Waals surface area contributed by atoms with Gasteiger partial charge in [-0.1, -0.05) is 45.4 Å². The SMILES string of the molecule is CCC(C)CC(=O)N1C(c2ncc(-c3ccc4c(c3)COc3cc5c(ccc6[nH]c(C7CC[C@H](C)N7C(=O)CNC(=O)OC)nc65)cc3-4)[nH]2)CC[C@@H]1CC. The Balaban J connectivity index is 1.05. The van der Waals surface area contributed by atoms with Crippen LogP contribution in [0.2, 0.25) is 0 Å². The number of nitrogens with one attached hydrogen (secondary N) is 3. The highest BCUT2D eigenvalue weighted by Crippen LogP contribution is 2.44. The van der Waals surface area contributed by atoms with Crippen molar-refractivity contribution in [2.45, 2.75) is 103 Å². The zero-order valence-electron chi connectivity index (χ0n) is 31.7. The number of fused-ring (bicyclic) bond motifs is 6. The second-order valence-electron chi connectivity index (χ2n) is 15.3. The van der Waals surface area contributed by atoms with Crippen molar-refractivity contribution < 1.29 is 23.9 Å². The van der Waals surface area contributed by atoms with Gasteiger partial charge in [0, 0.05) is 29.5 Å². The molecule has 2 saturated heterocycles. The topological polar surface area (TPSA) is 146 Å². The molecule has 0 bridgehead atoms. The van der Waals surface area contributed by atoms with E-state index in [1.54, 1.807) is 0 Å². The Labute approximate surface area is 315 Å². The number of rotatable bonds is 9. The molecule has 3 aromatic carbocycles. The number of likely N-dealkylation sites (tertiary alicyclic amines) is 2. The molecule has 2 aromatic heterocycles. The predicted octanol–water partition coefficient (Wildman–Crippen LogP) is 7.95. The van der Waals surface area contributed by atoms with E-state index in [9.17, 15) is 14.4 Å². The lowest BCUT2D eigenvalue weighted by Crippen LogP contribution is -2.43. The van der Waals surface area contributed by atoms with Crippen LogP contribution in [0, 0.1) is 5.92 Å². The Kier molecular flexibility index (Phi) is 9.53. The summed E-state index contributed by atoms with van der Waals surface area (Å²) < 4.78 is 11.1. The molecule has 3 aliphatic heterocycles. The van der Waals surface area contributed by atoms with Gasteiger partial charge in [-0.25, -0.2) is 14.8 Å². The van der Waals surface area contributed by atoms with Crippen LogP contribution >= 0.6 is 0 Å². The highest BCUT2D eigenvalue weighted by molar-refractivity contribution is 6.07. The third-order valence-electron chi connectivity index (χ3n) is 11.9. The Hall–Kier alpha value is -5.39. The molecule has 282 valence electrons. The molecule has 3 N–H and O–H groups in total. The minimum absolute atomic E-state index is 0.0180. The van der Waals surface area contributed by atoms with Crippen LogP contribution < -0.4 is 10.1 Å². The number of hydrogen-bond donors (Lipinski definition) is 3. The second-order valence-corrected chi connectivity index (χ2v) is 15.3. The van der Waals surface area contributed by atoms with Crippen molar-refractivity contribution in [3.8, 4) is 28.1 Å². The summed E-state index contributed by atoms with van der Waals surface area (Å²) in [5.41, 5.74) is 6.94. The lowest BCUT2D eigenvalue weighted by Gasteiger charge is -2.30. The second kappa shape index (κ2) is 14.4. The van der Waals surface area contributed by atoms with Crippen LogP contribution in [-0.4, -0.2) is 73.4 Å². The van der Waals surface area contributed by atoms with Gasteiger partial charge in [0.1, 0.15) is 30.5 Å². The molecular weight excluding hydrogens is 683 g/mol. The van der Waals surface area contributed by atoms with Crippen LogP contribution in [0.4, 0.5) is 4.79 Å². The van der Waals surface area contributed by atoms with Gasteiger partial charge in [-0.3, -0.25) is 9.59 Å². The third-order valence-corrected chi connectivity index (χ3v) is 11.9. The number of aromatic nitrogens is 4. The number of amides is 3. The molecule has 5 heterocycles. The van der Waals surface area contributed by atoms with E-state index in [0.29, 0.717) is 18.9 Å². The Morgan fingerprint density at radius 3 is 2.57 bits per heavy atom.